The fourth-order valence-electron chi connectivity index (χ4n) is 2.64. The Hall–Kier alpha value is -3.93. The number of thiazole rings is 1. The third-order valence-electron chi connectivity index (χ3n) is 4.01. The SMILES string of the molecule is COc1ccc2nc(Nc3ncnc(Nc4cc(F)ccc4F)c3[N+](=O)[O-])sc2c1. The van der Waals surface area contributed by atoms with Gasteiger partial charge >= 0.3 is 5.69 Å². The Morgan fingerprint density at radius 2 is 1.87 bits per heavy atom. The van der Waals surface area contributed by atoms with Crippen LogP contribution in [0.1, 0.15) is 0 Å². The van der Waals surface area contributed by atoms with Gasteiger partial charge in [0.2, 0.25) is 11.6 Å². The van der Waals surface area contributed by atoms with Crippen LogP contribution in [-0.2, 0) is 0 Å². The van der Waals surface area contributed by atoms with Crippen LogP contribution in [0.4, 0.5) is 36.9 Å². The molecule has 2 aromatic heterocycles. The minimum Gasteiger partial charge on any atom is -0.497 e. The second-order valence-electron chi connectivity index (χ2n) is 5.90. The molecule has 0 atom stereocenters. The summed E-state index contributed by atoms with van der Waals surface area (Å²) in [6.45, 7) is 0. The van der Waals surface area contributed by atoms with Crippen molar-refractivity contribution in [3.8, 4) is 5.75 Å². The van der Waals surface area contributed by atoms with Gasteiger partial charge in [0.15, 0.2) is 5.13 Å². The van der Waals surface area contributed by atoms with Crippen molar-refractivity contribution in [2.75, 3.05) is 17.7 Å². The van der Waals surface area contributed by atoms with E-state index in [4.69, 9.17) is 4.74 Å². The van der Waals surface area contributed by atoms with E-state index in [1.807, 2.05) is 0 Å². The summed E-state index contributed by atoms with van der Waals surface area (Å²) in [4.78, 5) is 23.0. The topological polar surface area (TPSA) is 115 Å². The molecule has 0 saturated carbocycles. The average molecular weight is 430 g/mol. The number of nitrogens with zero attached hydrogens (tertiary/aromatic N) is 4. The molecule has 0 spiro atoms. The van der Waals surface area contributed by atoms with Crippen LogP contribution in [0.3, 0.4) is 0 Å². The van der Waals surface area contributed by atoms with Gasteiger partial charge in [-0.3, -0.25) is 10.1 Å². The summed E-state index contributed by atoms with van der Waals surface area (Å²) < 4.78 is 33.3. The van der Waals surface area contributed by atoms with Gasteiger partial charge < -0.3 is 15.4 Å². The van der Waals surface area contributed by atoms with Crippen LogP contribution in [0, 0.1) is 21.7 Å². The summed E-state index contributed by atoms with van der Waals surface area (Å²) in [6.07, 6.45) is 1.06. The maximum Gasteiger partial charge on any atom is 0.353 e. The lowest BCUT2D eigenvalue weighted by Gasteiger charge is -2.09. The highest BCUT2D eigenvalue weighted by atomic mass is 32.1. The molecule has 152 valence electrons. The number of benzene rings is 2. The highest BCUT2D eigenvalue weighted by molar-refractivity contribution is 7.22. The van der Waals surface area contributed by atoms with Gasteiger partial charge in [-0.15, -0.1) is 0 Å². The molecule has 0 amide bonds. The monoisotopic (exact) mass is 430 g/mol. The number of nitro groups is 1. The summed E-state index contributed by atoms with van der Waals surface area (Å²) in [6, 6.07) is 7.99. The highest BCUT2D eigenvalue weighted by Gasteiger charge is 2.25. The first kappa shape index (κ1) is 19.4. The maximum atomic E-state index is 13.9. The molecule has 2 heterocycles. The second-order valence-corrected chi connectivity index (χ2v) is 6.93. The zero-order chi connectivity index (χ0) is 21.3. The Kier molecular flexibility index (Phi) is 5.06. The number of aromatic nitrogens is 3. The van der Waals surface area contributed by atoms with Gasteiger partial charge in [0, 0.05) is 6.07 Å². The zero-order valence-corrected chi connectivity index (χ0v) is 16.0. The molecular weight excluding hydrogens is 418 g/mol. The number of ether oxygens (including phenoxy) is 1. The standard InChI is InChI=1S/C18H12F2N6O3S/c1-29-10-3-5-12-14(7-10)30-18(24-12)25-17-15(26(27)28)16(21-8-22-17)23-13-6-9(19)2-4-11(13)20/h2-8H,1H3,(H2,21,22,23,24,25). The van der Waals surface area contributed by atoms with Crippen LogP contribution in [0.2, 0.25) is 0 Å². The fourth-order valence-corrected chi connectivity index (χ4v) is 3.54. The first-order valence-electron chi connectivity index (χ1n) is 8.37. The summed E-state index contributed by atoms with van der Waals surface area (Å²) in [5, 5.41) is 17.3. The Bertz CT molecular complexity index is 1270. The largest absolute Gasteiger partial charge is 0.497 e. The predicted octanol–water partition coefficient (Wildman–Crippen LogP) is 4.77. The maximum absolute atomic E-state index is 13.9. The first-order valence-corrected chi connectivity index (χ1v) is 9.19. The lowest BCUT2D eigenvalue weighted by Crippen LogP contribution is -2.06. The molecule has 2 N–H and O–H groups in total. The van der Waals surface area contributed by atoms with E-state index in [9.17, 15) is 18.9 Å². The van der Waals surface area contributed by atoms with Gasteiger partial charge in [0.1, 0.15) is 23.7 Å². The second kappa shape index (κ2) is 7.83. The van der Waals surface area contributed by atoms with Crippen LogP contribution in [-0.4, -0.2) is 27.0 Å². The molecule has 0 aliphatic carbocycles. The van der Waals surface area contributed by atoms with Crippen molar-refractivity contribution in [1.82, 2.24) is 15.0 Å². The van der Waals surface area contributed by atoms with Crippen molar-refractivity contribution in [1.29, 1.82) is 0 Å². The van der Waals surface area contributed by atoms with Gasteiger partial charge in [0.25, 0.3) is 0 Å². The Labute approximate surface area is 171 Å². The van der Waals surface area contributed by atoms with Crippen molar-refractivity contribution in [2.24, 2.45) is 0 Å². The first-order chi connectivity index (χ1) is 14.4. The van der Waals surface area contributed by atoms with Gasteiger partial charge in [-0.1, -0.05) is 11.3 Å². The lowest BCUT2D eigenvalue weighted by molar-refractivity contribution is -0.383. The van der Waals surface area contributed by atoms with Gasteiger partial charge in [-0.2, -0.15) is 0 Å². The Balaban J connectivity index is 1.71. The van der Waals surface area contributed by atoms with Crippen molar-refractivity contribution >= 4 is 49.7 Å². The molecule has 0 fully saturated rings. The van der Waals surface area contributed by atoms with Crippen LogP contribution in [0.15, 0.2) is 42.7 Å². The molecule has 0 saturated heterocycles. The molecule has 0 bridgehead atoms. The number of halogens is 2. The van der Waals surface area contributed by atoms with E-state index < -0.39 is 22.2 Å². The van der Waals surface area contributed by atoms with E-state index in [1.54, 1.807) is 25.3 Å². The van der Waals surface area contributed by atoms with Crippen molar-refractivity contribution in [2.45, 2.75) is 0 Å². The van der Waals surface area contributed by atoms with Crippen molar-refractivity contribution in [3.63, 3.8) is 0 Å². The highest BCUT2D eigenvalue weighted by Crippen LogP contribution is 2.36. The van der Waals surface area contributed by atoms with Crippen LogP contribution >= 0.6 is 11.3 Å². The Morgan fingerprint density at radius 1 is 1.10 bits per heavy atom. The minimum atomic E-state index is -0.793. The Morgan fingerprint density at radius 3 is 2.60 bits per heavy atom. The normalized spacial score (nSPS) is 10.8. The van der Waals surface area contributed by atoms with Crippen LogP contribution in [0.5, 0.6) is 5.75 Å². The molecule has 12 heteroatoms. The van der Waals surface area contributed by atoms with Crippen molar-refractivity contribution < 1.29 is 18.4 Å². The quantitative estimate of drug-likeness (QED) is 0.332. The molecule has 9 nitrogen and oxygen atoms in total. The van der Waals surface area contributed by atoms with E-state index in [-0.39, 0.29) is 17.3 Å². The lowest BCUT2D eigenvalue weighted by atomic mass is 10.3. The number of fused-ring (bicyclic) bond motifs is 1. The summed E-state index contributed by atoms with van der Waals surface area (Å²) >= 11 is 1.24. The molecule has 2 aromatic carbocycles. The number of anilines is 4. The van der Waals surface area contributed by atoms with Crippen LogP contribution < -0.4 is 15.4 Å². The van der Waals surface area contributed by atoms with E-state index >= 15 is 0 Å². The number of hydrogen-bond donors (Lipinski definition) is 2. The summed E-state index contributed by atoms with van der Waals surface area (Å²) in [5.41, 5.74) is -0.173. The van der Waals surface area contributed by atoms with Crippen LogP contribution in [0.25, 0.3) is 10.2 Å². The number of rotatable bonds is 6. The van der Waals surface area contributed by atoms with Crippen molar-refractivity contribution in [3.05, 3.63) is 64.5 Å². The minimum absolute atomic E-state index is 0.152. The van der Waals surface area contributed by atoms with E-state index in [2.05, 4.69) is 25.6 Å². The molecule has 0 radical (unpaired) electrons. The molecule has 0 aliphatic heterocycles. The number of methoxy groups -OCH3 is 1. The van der Waals surface area contributed by atoms with E-state index in [1.165, 1.54) is 11.3 Å². The zero-order valence-electron chi connectivity index (χ0n) is 15.2. The molecular formula is C18H12F2N6O3S. The van der Waals surface area contributed by atoms with Gasteiger partial charge in [-0.05, 0) is 30.3 Å². The summed E-state index contributed by atoms with van der Waals surface area (Å²) in [7, 11) is 1.54. The van der Waals surface area contributed by atoms with E-state index in [0.717, 1.165) is 29.2 Å². The third-order valence-corrected chi connectivity index (χ3v) is 4.94. The predicted molar refractivity (Wildman–Crippen MR) is 108 cm³/mol. The molecule has 0 unspecified atom stereocenters. The molecule has 30 heavy (non-hydrogen) atoms. The van der Waals surface area contributed by atoms with Gasteiger partial charge in [0.05, 0.1) is 27.9 Å². The van der Waals surface area contributed by atoms with Gasteiger partial charge in [-0.25, -0.2) is 23.7 Å². The fraction of sp³-hybridized carbons (Fsp3) is 0.0556. The number of hydrogen-bond acceptors (Lipinski definition) is 9. The average Bonchev–Trinajstić information content (AvgIpc) is 3.12. The molecule has 4 rings (SSSR count). The number of nitrogens with one attached hydrogen (secondary N) is 2. The smallest absolute Gasteiger partial charge is 0.353 e. The third kappa shape index (κ3) is 3.80. The van der Waals surface area contributed by atoms with E-state index in [0.29, 0.717) is 16.4 Å². The molecule has 4 aromatic rings. The molecule has 0 aliphatic rings. The summed E-state index contributed by atoms with van der Waals surface area (Å²) in [5.74, 6) is -1.31.